The molecule has 2 N–H and O–H groups in total. The van der Waals surface area contributed by atoms with Crippen molar-refractivity contribution in [1.82, 2.24) is 0 Å². The van der Waals surface area contributed by atoms with Crippen LogP contribution in [0.4, 0.5) is 5.69 Å². The largest absolute Gasteiger partial charge is 0.497 e. The number of ether oxygens (including phenoxy) is 2. The van der Waals surface area contributed by atoms with E-state index in [4.69, 9.17) is 20.5 Å². The average molecular weight is 251 g/mol. The van der Waals surface area contributed by atoms with Gasteiger partial charge >= 0.3 is 5.69 Å². The Kier molecular flexibility index (Phi) is 4.90. The summed E-state index contributed by atoms with van der Waals surface area (Å²) in [5, 5.41) is 19.3. The van der Waals surface area contributed by atoms with Crippen molar-refractivity contribution >= 4 is 5.69 Å². The summed E-state index contributed by atoms with van der Waals surface area (Å²) in [5.74, 6) is 0.560. The lowest BCUT2D eigenvalue weighted by atomic mass is 10.2. The second-order valence-electron chi connectivity index (χ2n) is 3.46. The second-order valence-corrected chi connectivity index (χ2v) is 3.46. The predicted molar refractivity (Wildman–Crippen MR) is 63.3 cm³/mol. The highest BCUT2D eigenvalue weighted by Crippen LogP contribution is 2.31. The van der Waals surface area contributed by atoms with Crippen LogP contribution in [-0.2, 0) is 0 Å². The third kappa shape index (κ3) is 3.61. The Balaban J connectivity index is 2.78. The van der Waals surface area contributed by atoms with Gasteiger partial charge in [-0.3, -0.25) is 10.1 Å². The molecule has 0 aromatic heterocycles. The zero-order valence-corrected chi connectivity index (χ0v) is 9.83. The predicted octanol–water partition coefficient (Wildman–Crippen LogP) is 1.22. The van der Waals surface area contributed by atoms with Crippen molar-refractivity contribution in [3.05, 3.63) is 28.3 Å². The summed E-state index contributed by atoms with van der Waals surface area (Å²) in [6.45, 7) is 0.128. The Hall–Kier alpha value is -2.33. The third-order valence-corrected chi connectivity index (χ3v) is 2.22. The van der Waals surface area contributed by atoms with E-state index in [2.05, 4.69) is 0 Å². The number of nitrogens with two attached hydrogens (primary N) is 1. The first-order valence-electron chi connectivity index (χ1n) is 5.19. The molecule has 0 aliphatic heterocycles. The summed E-state index contributed by atoms with van der Waals surface area (Å²) in [5.41, 5.74) is 5.24. The molecule has 0 bridgehead atoms. The Morgan fingerprint density at radius 2 is 2.33 bits per heavy atom. The molecule has 96 valence electrons. The highest BCUT2D eigenvalue weighted by Gasteiger charge is 2.16. The fourth-order valence-corrected chi connectivity index (χ4v) is 1.25. The fraction of sp³-hybridized carbons (Fsp3) is 0.364. The number of nitro benzene ring substituents is 1. The molecule has 1 aromatic rings. The van der Waals surface area contributed by atoms with Crippen LogP contribution in [0.2, 0.25) is 0 Å². The molecule has 0 aliphatic rings. The molecule has 0 radical (unpaired) electrons. The molecule has 7 nitrogen and oxygen atoms in total. The van der Waals surface area contributed by atoms with Gasteiger partial charge in [0.15, 0.2) is 0 Å². The molecule has 18 heavy (non-hydrogen) atoms. The SMILES string of the molecule is COc1ccc([N+](=O)[O-])c(OCCC(N)C#N)c1. The van der Waals surface area contributed by atoms with Gasteiger partial charge in [0.05, 0.1) is 30.8 Å². The number of nitrogens with zero attached hydrogens (tertiary/aromatic N) is 2. The van der Waals surface area contributed by atoms with Gasteiger partial charge in [0, 0.05) is 18.6 Å². The molecule has 1 aromatic carbocycles. The van der Waals surface area contributed by atoms with Crippen molar-refractivity contribution in [3.63, 3.8) is 0 Å². The summed E-state index contributed by atoms with van der Waals surface area (Å²) in [4.78, 5) is 10.2. The van der Waals surface area contributed by atoms with Gasteiger partial charge in [-0.05, 0) is 6.07 Å². The molecule has 7 heteroatoms. The maximum Gasteiger partial charge on any atom is 0.311 e. The normalized spacial score (nSPS) is 11.4. The van der Waals surface area contributed by atoms with Crippen LogP contribution >= 0.6 is 0 Å². The van der Waals surface area contributed by atoms with Gasteiger partial charge < -0.3 is 15.2 Å². The van der Waals surface area contributed by atoms with Crippen LogP contribution in [-0.4, -0.2) is 24.7 Å². The summed E-state index contributed by atoms with van der Waals surface area (Å²) in [7, 11) is 1.45. The molecule has 0 fully saturated rings. The molecule has 0 spiro atoms. The fourth-order valence-electron chi connectivity index (χ4n) is 1.25. The van der Waals surface area contributed by atoms with Gasteiger partial charge in [-0.15, -0.1) is 0 Å². The number of nitro groups is 1. The zero-order valence-electron chi connectivity index (χ0n) is 9.83. The van der Waals surface area contributed by atoms with Gasteiger partial charge in [-0.2, -0.15) is 5.26 Å². The van der Waals surface area contributed by atoms with Crippen LogP contribution in [0.3, 0.4) is 0 Å². The van der Waals surface area contributed by atoms with E-state index in [1.54, 1.807) is 0 Å². The van der Waals surface area contributed by atoms with Crippen molar-refractivity contribution in [2.75, 3.05) is 13.7 Å². The number of methoxy groups -OCH3 is 1. The molecule has 1 atom stereocenters. The number of rotatable bonds is 6. The Bertz CT molecular complexity index is 470. The topological polar surface area (TPSA) is 111 Å². The molecule has 0 heterocycles. The monoisotopic (exact) mass is 251 g/mol. The molecule has 1 rings (SSSR count). The van der Waals surface area contributed by atoms with Gasteiger partial charge in [0.25, 0.3) is 0 Å². The first-order valence-corrected chi connectivity index (χ1v) is 5.19. The van der Waals surface area contributed by atoms with E-state index >= 15 is 0 Å². The molecular formula is C11H13N3O4. The van der Waals surface area contributed by atoms with E-state index in [1.165, 1.54) is 25.3 Å². The van der Waals surface area contributed by atoms with Crippen molar-refractivity contribution in [1.29, 1.82) is 5.26 Å². The highest BCUT2D eigenvalue weighted by atomic mass is 16.6. The van der Waals surface area contributed by atoms with Crippen molar-refractivity contribution < 1.29 is 14.4 Å². The average Bonchev–Trinajstić information content (AvgIpc) is 2.37. The lowest BCUT2D eigenvalue weighted by molar-refractivity contribution is -0.385. The minimum atomic E-state index is -0.644. The number of hydrogen-bond acceptors (Lipinski definition) is 6. The van der Waals surface area contributed by atoms with E-state index in [0.29, 0.717) is 12.2 Å². The minimum Gasteiger partial charge on any atom is -0.497 e. The lowest BCUT2D eigenvalue weighted by Gasteiger charge is -2.08. The van der Waals surface area contributed by atoms with Crippen LogP contribution in [0.25, 0.3) is 0 Å². The van der Waals surface area contributed by atoms with Gasteiger partial charge in [-0.25, -0.2) is 0 Å². The Morgan fingerprint density at radius 3 is 2.89 bits per heavy atom. The summed E-state index contributed by atoms with van der Waals surface area (Å²) < 4.78 is 10.2. The maximum absolute atomic E-state index is 10.8. The molecule has 0 amide bonds. The van der Waals surface area contributed by atoms with Crippen molar-refractivity contribution in [2.45, 2.75) is 12.5 Å². The summed E-state index contributed by atoms with van der Waals surface area (Å²) >= 11 is 0. The summed E-state index contributed by atoms with van der Waals surface area (Å²) in [6.07, 6.45) is 0.296. The lowest BCUT2D eigenvalue weighted by Crippen LogP contribution is -2.20. The van der Waals surface area contributed by atoms with E-state index < -0.39 is 11.0 Å². The second kappa shape index (κ2) is 6.42. The Labute approximate surface area is 104 Å². The number of benzene rings is 1. The molecular weight excluding hydrogens is 238 g/mol. The van der Waals surface area contributed by atoms with Gasteiger partial charge in [-0.1, -0.05) is 0 Å². The molecule has 1 unspecified atom stereocenters. The van der Waals surface area contributed by atoms with Gasteiger partial charge in [0.1, 0.15) is 5.75 Å². The smallest absolute Gasteiger partial charge is 0.311 e. The van der Waals surface area contributed by atoms with Crippen molar-refractivity contribution in [3.8, 4) is 17.6 Å². The molecule has 0 saturated carbocycles. The quantitative estimate of drug-likeness (QED) is 0.601. The first-order chi connectivity index (χ1) is 8.58. The molecule has 0 aliphatic carbocycles. The Morgan fingerprint density at radius 1 is 1.61 bits per heavy atom. The minimum absolute atomic E-state index is 0.101. The summed E-state index contributed by atoms with van der Waals surface area (Å²) in [6, 6.07) is 5.42. The standard InChI is InChI=1S/C11H13N3O4/c1-17-9-2-3-10(14(15)16)11(6-9)18-5-4-8(13)7-12/h2-3,6,8H,4-5,13H2,1H3. The first kappa shape index (κ1) is 13.7. The third-order valence-electron chi connectivity index (χ3n) is 2.22. The van der Waals surface area contributed by atoms with Gasteiger partial charge in [0.2, 0.25) is 5.75 Å². The molecule has 0 saturated heterocycles. The van der Waals surface area contributed by atoms with Crippen LogP contribution in [0, 0.1) is 21.4 Å². The maximum atomic E-state index is 10.8. The number of nitriles is 1. The van der Waals surface area contributed by atoms with E-state index in [1.807, 2.05) is 6.07 Å². The number of hydrogen-bond donors (Lipinski definition) is 1. The van der Waals surface area contributed by atoms with Crippen LogP contribution in [0.5, 0.6) is 11.5 Å². The van der Waals surface area contributed by atoms with Crippen LogP contribution in [0.1, 0.15) is 6.42 Å². The van der Waals surface area contributed by atoms with Crippen LogP contribution < -0.4 is 15.2 Å². The van der Waals surface area contributed by atoms with Crippen molar-refractivity contribution in [2.24, 2.45) is 5.73 Å². The van der Waals surface area contributed by atoms with Crippen LogP contribution in [0.15, 0.2) is 18.2 Å². The zero-order chi connectivity index (χ0) is 13.5. The van der Waals surface area contributed by atoms with E-state index in [9.17, 15) is 10.1 Å². The van der Waals surface area contributed by atoms with E-state index in [0.717, 1.165) is 0 Å². The highest BCUT2D eigenvalue weighted by molar-refractivity contribution is 5.50. The van der Waals surface area contributed by atoms with E-state index in [-0.39, 0.29) is 18.0 Å².